The van der Waals surface area contributed by atoms with Crippen LogP contribution < -0.4 is 5.32 Å². The number of unbranched alkanes of at least 4 members (excludes halogenated alkanes) is 1. The molecule has 0 aromatic rings. The Morgan fingerprint density at radius 2 is 2.06 bits per heavy atom. The van der Waals surface area contributed by atoms with Gasteiger partial charge >= 0.3 is 0 Å². The summed E-state index contributed by atoms with van der Waals surface area (Å²) in [7, 11) is 0. The van der Waals surface area contributed by atoms with E-state index in [1.807, 2.05) is 11.8 Å². The van der Waals surface area contributed by atoms with E-state index in [9.17, 15) is 0 Å². The fourth-order valence-electron chi connectivity index (χ4n) is 2.42. The zero-order valence-electron chi connectivity index (χ0n) is 11.9. The summed E-state index contributed by atoms with van der Waals surface area (Å²) in [5.41, 5.74) is 0.333. The van der Waals surface area contributed by atoms with Gasteiger partial charge in [-0.3, -0.25) is 4.99 Å². The highest BCUT2D eigenvalue weighted by atomic mass is 32.2. The third kappa shape index (κ3) is 4.81. The van der Waals surface area contributed by atoms with Crippen molar-refractivity contribution in [2.24, 2.45) is 10.4 Å². The third-order valence-corrected chi connectivity index (χ3v) is 4.71. The van der Waals surface area contributed by atoms with Gasteiger partial charge in [-0.1, -0.05) is 25.6 Å². The minimum atomic E-state index is 0.333. The number of nitrogens with one attached hydrogen (secondary N) is 1. The topological polar surface area (TPSA) is 27.6 Å². The maximum absolute atomic E-state index is 4.62. The van der Waals surface area contributed by atoms with Gasteiger partial charge in [-0.15, -0.1) is 0 Å². The molecule has 2 rings (SSSR count). The fourth-order valence-corrected chi connectivity index (χ4v) is 3.29. The molecule has 1 fully saturated rings. The summed E-state index contributed by atoms with van der Waals surface area (Å²) < 4.78 is 0. The van der Waals surface area contributed by atoms with Crippen LogP contribution in [0.2, 0.25) is 0 Å². The van der Waals surface area contributed by atoms with Gasteiger partial charge in [0.25, 0.3) is 0 Å². The highest BCUT2D eigenvalue weighted by Gasteiger charge is 2.22. The summed E-state index contributed by atoms with van der Waals surface area (Å²) in [5, 5.41) is 4.61. The molecule has 104 valence electrons. The number of rotatable bonds is 5. The summed E-state index contributed by atoms with van der Waals surface area (Å²) in [4.78, 5) is 7.22. The maximum atomic E-state index is 4.62. The molecular formula is C14H27N3S. The van der Waals surface area contributed by atoms with Gasteiger partial charge in [0.2, 0.25) is 0 Å². The molecule has 4 heteroatoms. The molecule has 18 heavy (non-hydrogen) atoms. The van der Waals surface area contributed by atoms with Crippen LogP contribution in [0, 0.1) is 5.41 Å². The second kappa shape index (κ2) is 6.80. The lowest BCUT2D eigenvalue weighted by molar-refractivity contribution is 0.333. The molecule has 0 atom stereocenters. The number of hydrogen-bond acceptors (Lipinski definition) is 4. The van der Waals surface area contributed by atoms with E-state index < -0.39 is 0 Å². The Kier molecular flexibility index (Phi) is 5.37. The van der Waals surface area contributed by atoms with E-state index in [1.165, 1.54) is 51.1 Å². The molecule has 0 aliphatic carbocycles. The number of aliphatic imine (C=N–C) groups is 1. The maximum Gasteiger partial charge on any atom is 0.156 e. The lowest BCUT2D eigenvalue weighted by atomic mass is 9.93. The zero-order valence-corrected chi connectivity index (χ0v) is 12.7. The lowest BCUT2D eigenvalue weighted by Crippen LogP contribution is -2.39. The molecule has 0 saturated carbocycles. The summed E-state index contributed by atoms with van der Waals surface area (Å²) in [5.74, 6) is 1.21. The van der Waals surface area contributed by atoms with Gasteiger partial charge in [-0.25, -0.2) is 0 Å². The first-order chi connectivity index (χ1) is 8.66. The average molecular weight is 269 g/mol. The zero-order chi connectivity index (χ0) is 12.8. The normalized spacial score (nSPS) is 23.8. The first kappa shape index (κ1) is 14.2. The molecule has 1 saturated heterocycles. The molecule has 0 aromatic carbocycles. The van der Waals surface area contributed by atoms with E-state index in [-0.39, 0.29) is 0 Å². The Morgan fingerprint density at radius 3 is 2.72 bits per heavy atom. The van der Waals surface area contributed by atoms with Crippen molar-refractivity contribution in [3.8, 4) is 0 Å². The number of thioether (sulfide) groups is 1. The Morgan fingerprint density at radius 1 is 1.28 bits per heavy atom. The highest BCUT2D eigenvalue weighted by Crippen LogP contribution is 2.20. The predicted molar refractivity (Wildman–Crippen MR) is 81.5 cm³/mol. The van der Waals surface area contributed by atoms with E-state index >= 15 is 0 Å². The number of amidine groups is 1. The van der Waals surface area contributed by atoms with Crippen molar-refractivity contribution in [1.29, 1.82) is 0 Å². The average Bonchev–Trinajstić information content (AvgIpc) is 2.84. The molecule has 2 aliphatic rings. The number of hydrogen-bond donors (Lipinski definition) is 1. The summed E-state index contributed by atoms with van der Waals surface area (Å²) in [6.45, 7) is 10.5. The minimum Gasteiger partial charge on any atom is -0.364 e. The van der Waals surface area contributed by atoms with Crippen LogP contribution in [0.5, 0.6) is 0 Å². The third-order valence-electron chi connectivity index (χ3n) is 3.68. The molecule has 0 bridgehead atoms. The first-order valence-corrected chi connectivity index (χ1v) is 8.28. The van der Waals surface area contributed by atoms with Crippen LogP contribution in [0.1, 0.15) is 39.5 Å². The Labute approximate surface area is 116 Å². The monoisotopic (exact) mass is 269 g/mol. The predicted octanol–water partition coefficient (Wildman–Crippen LogP) is 2.58. The fraction of sp³-hybridized carbons (Fsp3) is 0.929. The van der Waals surface area contributed by atoms with Gasteiger partial charge < -0.3 is 10.2 Å². The molecule has 3 nitrogen and oxygen atoms in total. The van der Waals surface area contributed by atoms with Gasteiger partial charge in [0.05, 0.1) is 0 Å². The molecule has 2 heterocycles. The van der Waals surface area contributed by atoms with Crippen LogP contribution in [0.25, 0.3) is 0 Å². The van der Waals surface area contributed by atoms with Crippen molar-refractivity contribution in [3.05, 3.63) is 0 Å². The van der Waals surface area contributed by atoms with Crippen molar-refractivity contribution in [3.63, 3.8) is 0 Å². The Bertz CT molecular complexity index is 283. The van der Waals surface area contributed by atoms with Gasteiger partial charge in [0, 0.05) is 24.3 Å². The van der Waals surface area contributed by atoms with Crippen molar-refractivity contribution < 1.29 is 0 Å². The molecule has 0 unspecified atom stereocenters. The SMILES string of the molecule is CC1(C)CN=C(SCCCCN2CCCC2)NC1. The van der Waals surface area contributed by atoms with Crippen LogP contribution in [0.4, 0.5) is 0 Å². The second-order valence-corrected chi connectivity index (χ2v) is 7.33. The Hall–Kier alpha value is -0.220. The second-order valence-electron chi connectivity index (χ2n) is 6.24. The van der Waals surface area contributed by atoms with Crippen molar-refractivity contribution in [2.75, 3.05) is 38.5 Å². The molecular weight excluding hydrogens is 242 g/mol. The lowest BCUT2D eigenvalue weighted by Gasteiger charge is -2.28. The van der Waals surface area contributed by atoms with Gasteiger partial charge in [0.15, 0.2) is 5.17 Å². The summed E-state index contributed by atoms with van der Waals surface area (Å²) >= 11 is 1.90. The molecule has 0 amide bonds. The number of likely N-dealkylation sites (tertiary alicyclic amines) is 1. The molecule has 2 aliphatic heterocycles. The smallest absolute Gasteiger partial charge is 0.156 e. The van der Waals surface area contributed by atoms with Crippen LogP contribution in [0.15, 0.2) is 4.99 Å². The molecule has 0 spiro atoms. The minimum absolute atomic E-state index is 0.333. The van der Waals surface area contributed by atoms with Gasteiger partial charge in [0.1, 0.15) is 0 Å². The van der Waals surface area contributed by atoms with Crippen molar-refractivity contribution >= 4 is 16.9 Å². The van der Waals surface area contributed by atoms with E-state index in [1.54, 1.807) is 0 Å². The van der Waals surface area contributed by atoms with Crippen LogP contribution in [0.3, 0.4) is 0 Å². The van der Waals surface area contributed by atoms with Gasteiger partial charge in [-0.05, 0) is 45.3 Å². The van der Waals surface area contributed by atoms with E-state index in [4.69, 9.17) is 0 Å². The highest BCUT2D eigenvalue weighted by molar-refractivity contribution is 8.13. The van der Waals surface area contributed by atoms with Crippen molar-refractivity contribution in [2.45, 2.75) is 39.5 Å². The molecule has 0 aromatic heterocycles. The number of nitrogens with zero attached hydrogens (tertiary/aromatic N) is 2. The van der Waals surface area contributed by atoms with Crippen LogP contribution >= 0.6 is 11.8 Å². The largest absolute Gasteiger partial charge is 0.364 e. The van der Waals surface area contributed by atoms with E-state index in [0.717, 1.165) is 18.3 Å². The molecule has 1 N–H and O–H groups in total. The van der Waals surface area contributed by atoms with E-state index in [0.29, 0.717) is 5.41 Å². The van der Waals surface area contributed by atoms with Crippen LogP contribution in [-0.4, -0.2) is 48.5 Å². The quantitative estimate of drug-likeness (QED) is 0.777. The Balaban J connectivity index is 1.52. The standard InChI is InChI=1S/C14H27N3S/c1-14(2)11-15-13(16-12-14)18-10-6-5-9-17-7-3-4-8-17/h3-12H2,1-2H3,(H,15,16). The van der Waals surface area contributed by atoms with Gasteiger partial charge in [-0.2, -0.15) is 0 Å². The van der Waals surface area contributed by atoms with Crippen molar-refractivity contribution in [1.82, 2.24) is 10.2 Å². The summed E-state index contributed by atoms with van der Waals surface area (Å²) in [6.07, 6.45) is 5.47. The molecule has 0 radical (unpaired) electrons. The van der Waals surface area contributed by atoms with E-state index in [2.05, 4.69) is 29.1 Å². The summed E-state index contributed by atoms with van der Waals surface area (Å²) in [6, 6.07) is 0. The first-order valence-electron chi connectivity index (χ1n) is 7.29. The van der Waals surface area contributed by atoms with Crippen LogP contribution in [-0.2, 0) is 0 Å².